The van der Waals surface area contributed by atoms with Gasteiger partial charge in [-0.2, -0.15) is 18.4 Å². The van der Waals surface area contributed by atoms with Crippen molar-refractivity contribution >= 4 is 17.3 Å². The number of carbonyl (C=O) groups is 1. The molecule has 1 aromatic heterocycles. The topological polar surface area (TPSA) is 101 Å². The second-order valence-electron chi connectivity index (χ2n) is 7.48. The number of nitrogens with one attached hydrogen (secondary N) is 1. The van der Waals surface area contributed by atoms with Gasteiger partial charge >= 0.3 is 12.2 Å². The van der Waals surface area contributed by atoms with E-state index in [0.717, 1.165) is 22.1 Å². The first kappa shape index (κ1) is 21.3. The van der Waals surface area contributed by atoms with Crippen LogP contribution in [0.5, 0.6) is 0 Å². The van der Waals surface area contributed by atoms with Gasteiger partial charge in [0.25, 0.3) is 0 Å². The first-order chi connectivity index (χ1) is 15.2. The Morgan fingerprint density at radius 2 is 1.81 bits per heavy atom. The number of allylic oxidation sites excluding steroid dienone is 2. The van der Waals surface area contributed by atoms with Crippen LogP contribution >= 0.6 is 0 Å². The summed E-state index contributed by atoms with van der Waals surface area (Å²) in [6.07, 6.45) is 0.504. The van der Waals surface area contributed by atoms with E-state index in [1.807, 2.05) is 30.3 Å². The van der Waals surface area contributed by atoms with Gasteiger partial charge in [0.15, 0.2) is 5.82 Å². The predicted octanol–water partition coefficient (Wildman–Crippen LogP) is 4.30. The lowest BCUT2D eigenvalue weighted by Crippen LogP contribution is -2.55. The van der Waals surface area contributed by atoms with Gasteiger partial charge in [-0.1, -0.05) is 65.9 Å². The van der Waals surface area contributed by atoms with Gasteiger partial charge in [0.2, 0.25) is 0 Å². The van der Waals surface area contributed by atoms with Gasteiger partial charge in [-0.3, -0.25) is 4.90 Å². The molecule has 1 aliphatic rings. The van der Waals surface area contributed by atoms with Crippen molar-refractivity contribution in [1.29, 1.82) is 0 Å². The number of urea groups is 1. The van der Waals surface area contributed by atoms with Crippen LogP contribution in [-0.4, -0.2) is 32.2 Å². The largest absolute Gasteiger partial charge is 0.418 e. The second kappa shape index (κ2) is 7.95. The number of carbonyl (C=O) groups excluding carboxylic acids is 1. The zero-order chi connectivity index (χ0) is 22.9. The number of primary amides is 1. The number of benzene rings is 2. The molecule has 10 heteroatoms. The van der Waals surface area contributed by atoms with E-state index in [2.05, 4.69) is 20.6 Å². The number of aromatic nitrogens is 4. The fraction of sp³-hybridized carbons (Fsp3) is 0.182. The Labute approximate surface area is 181 Å². The van der Waals surface area contributed by atoms with Gasteiger partial charge in [0.05, 0.1) is 22.7 Å². The fourth-order valence-electron chi connectivity index (χ4n) is 3.96. The smallest absolute Gasteiger partial charge is 0.351 e. The molecule has 7 nitrogen and oxygen atoms in total. The monoisotopic (exact) mass is 440 g/mol. The second-order valence-corrected chi connectivity index (χ2v) is 7.48. The molecule has 2 unspecified atom stereocenters. The minimum absolute atomic E-state index is 0.209. The number of aromatic amines is 1. The van der Waals surface area contributed by atoms with Crippen molar-refractivity contribution < 1.29 is 18.0 Å². The van der Waals surface area contributed by atoms with Crippen LogP contribution in [0, 0.1) is 0 Å². The highest BCUT2D eigenvalue weighted by Gasteiger charge is 2.47. The number of hydrogen-bond donors (Lipinski definition) is 2. The zero-order valence-electron chi connectivity index (χ0n) is 16.9. The molecule has 2 amide bonds. The van der Waals surface area contributed by atoms with Crippen LogP contribution in [-0.2, 0) is 6.18 Å². The fourth-order valence-corrected chi connectivity index (χ4v) is 3.96. The summed E-state index contributed by atoms with van der Waals surface area (Å²) in [5.41, 5.74) is 4.66. The molecule has 0 aliphatic heterocycles. The highest BCUT2D eigenvalue weighted by molar-refractivity contribution is 5.95. The van der Waals surface area contributed by atoms with Crippen molar-refractivity contribution in [3.63, 3.8) is 0 Å². The van der Waals surface area contributed by atoms with Crippen LogP contribution in [0.4, 0.5) is 23.7 Å². The molecule has 1 aliphatic carbocycles. The number of hydrogen-bond acceptors (Lipinski definition) is 4. The molecule has 0 fully saturated rings. The predicted molar refractivity (Wildman–Crippen MR) is 112 cm³/mol. The molecule has 0 saturated heterocycles. The molecule has 32 heavy (non-hydrogen) atoms. The van der Waals surface area contributed by atoms with Crippen LogP contribution in [0.1, 0.15) is 29.8 Å². The zero-order valence-corrected chi connectivity index (χ0v) is 16.9. The van der Waals surface area contributed by atoms with Gasteiger partial charge < -0.3 is 5.73 Å². The minimum Gasteiger partial charge on any atom is -0.351 e. The summed E-state index contributed by atoms with van der Waals surface area (Å²) in [4.78, 5) is 13.5. The maximum absolute atomic E-state index is 13.8. The number of tetrazole rings is 1. The third kappa shape index (κ3) is 3.75. The molecule has 2 aromatic carbocycles. The summed E-state index contributed by atoms with van der Waals surface area (Å²) in [5.74, 6) is -0.531. The SMILES string of the molecule is CC1(N(C(N)=O)c2ccccc2C(F)(F)F)C=CC(c2ccccc2)=CC1c1nn[nH]n1. The van der Waals surface area contributed by atoms with Crippen molar-refractivity contribution in [3.05, 3.63) is 89.8 Å². The van der Waals surface area contributed by atoms with Crippen LogP contribution in [0.25, 0.3) is 5.57 Å². The maximum Gasteiger partial charge on any atom is 0.418 e. The van der Waals surface area contributed by atoms with Gasteiger partial charge in [-0.25, -0.2) is 4.79 Å². The molecule has 164 valence electrons. The van der Waals surface area contributed by atoms with Crippen LogP contribution in [0.2, 0.25) is 0 Å². The highest BCUT2D eigenvalue weighted by atomic mass is 19.4. The molecular weight excluding hydrogens is 421 g/mol. The Kier molecular flexibility index (Phi) is 5.29. The van der Waals surface area contributed by atoms with Crippen molar-refractivity contribution in [2.45, 2.75) is 24.6 Å². The average Bonchev–Trinajstić information content (AvgIpc) is 3.28. The third-order valence-corrected chi connectivity index (χ3v) is 5.48. The number of nitrogens with zero attached hydrogens (tertiary/aromatic N) is 4. The Bertz CT molecular complexity index is 1170. The van der Waals surface area contributed by atoms with Gasteiger partial charge in [0, 0.05) is 0 Å². The van der Waals surface area contributed by atoms with Crippen molar-refractivity contribution in [3.8, 4) is 0 Å². The Morgan fingerprint density at radius 1 is 1.12 bits per heavy atom. The quantitative estimate of drug-likeness (QED) is 0.632. The molecular formula is C22H19F3N6O. The molecule has 0 spiro atoms. The number of anilines is 1. The summed E-state index contributed by atoms with van der Waals surface area (Å²) in [5, 5.41) is 14.0. The van der Waals surface area contributed by atoms with Crippen LogP contribution < -0.4 is 10.6 Å². The summed E-state index contributed by atoms with van der Waals surface area (Å²) < 4.78 is 41.3. The lowest BCUT2D eigenvalue weighted by atomic mass is 9.76. The molecule has 0 saturated carbocycles. The van der Waals surface area contributed by atoms with E-state index in [9.17, 15) is 18.0 Å². The Hall–Kier alpha value is -3.95. The summed E-state index contributed by atoms with van der Waals surface area (Å²) in [6.45, 7) is 1.61. The van der Waals surface area contributed by atoms with Gasteiger partial charge in [0.1, 0.15) is 0 Å². The molecule has 3 aromatic rings. The number of H-pyrrole nitrogens is 1. The van der Waals surface area contributed by atoms with Crippen LogP contribution in [0.15, 0.2) is 72.8 Å². The number of amides is 2. The molecule has 1 heterocycles. The van der Waals surface area contributed by atoms with E-state index in [4.69, 9.17) is 5.73 Å². The molecule has 0 radical (unpaired) electrons. The minimum atomic E-state index is -4.69. The van der Waals surface area contributed by atoms with E-state index in [-0.39, 0.29) is 11.5 Å². The maximum atomic E-state index is 13.8. The summed E-state index contributed by atoms with van der Waals surface area (Å²) >= 11 is 0. The van der Waals surface area contributed by atoms with Crippen LogP contribution in [0.3, 0.4) is 0 Å². The summed E-state index contributed by atoms with van der Waals surface area (Å²) in [6, 6.07) is 13.2. The average molecular weight is 440 g/mol. The molecule has 3 N–H and O–H groups in total. The highest BCUT2D eigenvalue weighted by Crippen LogP contribution is 2.45. The van der Waals surface area contributed by atoms with Gasteiger partial charge in [-0.15, -0.1) is 10.2 Å². The Morgan fingerprint density at radius 3 is 2.44 bits per heavy atom. The molecule has 4 rings (SSSR count). The first-order valence-electron chi connectivity index (χ1n) is 9.67. The number of para-hydroxylation sites is 1. The third-order valence-electron chi connectivity index (χ3n) is 5.48. The molecule has 0 bridgehead atoms. The lowest BCUT2D eigenvalue weighted by molar-refractivity contribution is -0.137. The normalized spacial score (nSPS) is 20.6. The summed E-state index contributed by atoms with van der Waals surface area (Å²) in [7, 11) is 0. The van der Waals surface area contributed by atoms with Crippen molar-refractivity contribution in [2.75, 3.05) is 4.90 Å². The number of alkyl halides is 3. The molecule has 2 atom stereocenters. The number of nitrogens with two attached hydrogens (primary N) is 1. The Balaban J connectivity index is 1.89. The van der Waals surface area contributed by atoms with E-state index in [0.29, 0.717) is 0 Å². The number of halogens is 3. The van der Waals surface area contributed by atoms with E-state index in [1.165, 1.54) is 18.2 Å². The van der Waals surface area contributed by atoms with E-state index in [1.54, 1.807) is 25.2 Å². The van der Waals surface area contributed by atoms with Gasteiger partial charge in [-0.05, 0) is 30.2 Å². The number of rotatable bonds is 4. The van der Waals surface area contributed by atoms with E-state index < -0.39 is 29.2 Å². The first-order valence-corrected chi connectivity index (χ1v) is 9.67. The van der Waals surface area contributed by atoms with E-state index >= 15 is 0 Å². The lowest BCUT2D eigenvalue weighted by Gasteiger charge is -2.44. The standard InChI is InChI=1S/C22H19F3N6O/c1-21(31(20(26)32)18-10-6-5-9-16(18)22(23,24)25)12-11-15(14-7-3-2-4-8-14)13-17(21)19-27-29-30-28-19/h2-13,17H,1H3,(H2,26,32)(H,27,28,29,30). The van der Waals surface area contributed by atoms with Crippen molar-refractivity contribution in [1.82, 2.24) is 20.6 Å². The van der Waals surface area contributed by atoms with Crippen molar-refractivity contribution in [2.24, 2.45) is 5.73 Å².